The van der Waals surface area contributed by atoms with Gasteiger partial charge in [0.25, 0.3) is 5.91 Å². The molecular formula is C24H21ClN2O5. The lowest BCUT2D eigenvalue weighted by atomic mass is 10.1. The van der Waals surface area contributed by atoms with Crippen LogP contribution >= 0.6 is 11.6 Å². The lowest BCUT2D eigenvalue weighted by molar-refractivity contribution is -0.123. The van der Waals surface area contributed by atoms with Crippen LogP contribution in [-0.2, 0) is 4.79 Å². The van der Waals surface area contributed by atoms with Crippen LogP contribution in [0.3, 0.4) is 0 Å². The van der Waals surface area contributed by atoms with Crippen LogP contribution in [0.15, 0.2) is 71.8 Å². The van der Waals surface area contributed by atoms with E-state index in [0.717, 1.165) is 5.56 Å². The summed E-state index contributed by atoms with van der Waals surface area (Å²) in [6, 6.07) is 18.7. The third-order valence-corrected chi connectivity index (χ3v) is 4.48. The highest BCUT2D eigenvalue weighted by Crippen LogP contribution is 2.28. The fourth-order valence-electron chi connectivity index (χ4n) is 2.61. The fraction of sp³-hybridized carbons (Fsp3) is 0.125. The quantitative estimate of drug-likeness (QED) is 0.237. The number of aryl methyl sites for hydroxylation is 1. The van der Waals surface area contributed by atoms with Gasteiger partial charge in [-0.1, -0.05) is 35.4 Å². The first-order chi connectivity index (χ1) is 15.4. The first-order valence-corrected chi connectivity index (χ1v) is 9.99. The smallest absolute Gasteiger partial charge is 0.343 e. The number of ether oxygens (including phenoxy) is 3. The monoisotopic (exact) mass is 452 g/mol. The molecule has 0 radical (unpaired) electrons. The standard InChI is InChI=1S/C24H21ClN2O5/c1-16-6-9-18(10-7-16)24(29)32-21-11-8-17(12-22(21)30-2)14-26-27-23(28)15-31-20-5-3-4-19(25)13-20/h3-14H,15H2,1-2H3,(H,27,28)/b26-14+. The highest BCUT2D eigenvalue weighted by molar-refractivity contribution is 6.30. The van der Waals surface area contributed by atoms with Crippen LogP contribution < -0.4 is 19.6 Å². The van der Waals surface area contributed by atoms with Gasteiger partial charge in [0.15, 0.2) is 18.1 Å². The van der Waals surface area contributed by atoms with E-state index in [1.165, 1.54) is 13.3 Å². The molecule has 0 unspecified atom stereocenters. The van der Waals surface area contributed by atoms with Crippen molar-refractivity contribution in [2.75, 3.05) is 13.7 Å². The minimum Gasteiger partial charge on any atom is -0.493 e. The number of carbonyl (C=O) groups is 2. The molecule has 0 heterocycles. The average Bonchev–Trinajstić information content (AvgIpc) is 2.79. The SMILES string of the molecule is COc1cc(/C=N/NC(=O)COc2cccc(Cl)c2)ccc1OC(=O)c1ccc(C)cc1. The van der Waals surface area contributed by atoms with Gasteiger partial charge in [-0.15, -0.1) is 0 Å². The number of hydrazone groups is 1. The van der Waals surface area contributed by atoms with Crippen LogP contribution in [0.25, 0.3) is 0 Å². The molecule has 3 rings (SSSR count). The lowest BCUT2D eigenvalue weighted by Gasteiger charge is -2.10. The summed E-state index contributed by atoms with van der Waals surface area (Å²) < 4.78 is 16.1. The lowest BCUT2D eigenvalue weighted by Crippen LogP contribution is -2.24. The Balaban J connectivity index is 1.56. The molecule has 3 aromatic rings. The Morgan fingerprint density at radius 2 is 1.81 bits per heavy atom. The maximum atomic E-state index is 12.3. The number of hydrogen-bond acceptors (Lipinski definition) is 6. The molecule has 0 saturated heterocycles. The fourth-order valence-corrected chi connectivity index (χ4v) is 2.79. The van der Waals surface area contributed by atoms with Gasteiger partial charge in [0.1, 0.15) is 5.75 Å². The Hall–Kier alpha value is -3.84. The van der Waals surface area contributed by atoms with Crippen LogP contribution in [0.4, 0.5) is 0 Å². The predicted octanol–water partition coefficient (Wildman–Crippen LogP) is 4.41. The number of benzene rings is 3. The van der Waals surface area contributed by atoms with E-state index in [-0.39, 0.29) is 12.4 Å². The third kappa shape index (κ3) is 6.58. The van der Waals surface area contributed by atoms with Gasteiger partial charge in [-0.2, -0.15) is 5.10 Å². The Kier molecular flexibility index (Phi) is 7.83. The summed E-state index contributed by atoms with van der Waals surface area (Å²) in [5, 5.41) is 4.42. The number of esters is 1. The molecule has 1 amide bonds. The summed E-state index contributed by atoms with van der Waals surface area (Å²) in [6.45, 7) is 1.72. The summed E-state index contributed by atoms with van der Waals surface area (Å²) in [7, 11) is 1.47. The van der Waals surface area contributed by atoms with Gasteiger partial charge in [-0.3, -0.25) is 4.79 Å². The van der Waals surface area contributed by atoms with Crippen LogP contribution in [0.5, 0.6) is 17.2 Å². The summed E-state index contributed by atoms with van der Waals surface area (Å²) in [6.07, 6.45) is 1.44. The number of nitrogens with one attached hydrogen (secondary N) is 1. The molecule has 8 heteroatoms. The summed E-state index contributed by atoms with van der Waals surface area (Å²) in [5.74, 6) is 0.185. The van der Waals surface area contributed by atoms with E-state index in [2.05, 4.69) is 10.5 Å². The van der Waals surface area contributed by atoms with Crippen molar-refractivity contribution >= 4 is 29.7 Å². The van der Waals surface area contributed by atoms with Gasteiger partial charge in [0.05, 0.1) is 18.9 Å². The van der Waals surface area contributed by atoms with E-state index >= 15 is 0 Å². The maximum absolute atomic E-state index is 12.3. The molecule has 164 valence electrons. The number of hydrogen-bond donors (Lipinski definition) is 1. The second kappa shape index (κ2) is 11.0. The third-order valence-electron chi connectivity index (χ3n) is 4.25. The van der Waals surface area contributed by atoms with Gasteiger partial charge in [0, 0.05) is 5.02 Å². The molecule has 0 fully saturated rings. The Morgan fingerprint density at radius 1 is 1.03 bits per heavy atom. The highest BCUT2D eigenvalue weighted by atomic mass is 35.5. The van der Waals surface area contributed by atoms with E-state index in [9.17, 15) is 9.59 Å². The number of halogens is 1. The van der Waals surface area contributed by atoms with E-state index in [4.69, 9.17) is 25.8 Å². The number of rotatable bonds is 8. The molecule has 1 N–H and O–H groups in total. The van der Waals surface area contributed by atoms with E-state index in [1.54, 1.807) is 54.6 Å². The number of carbonyl (C=O) groups excluding carboxylic acids is 2. The first-order valence-electron chi connectivity index (χ1n) is 9.62. The normalized spacial score (nSPS) is 10.6. The molecule has 0 aliphatic heterocycles. The Bertz CT molecular complexity index is 1130. The molecule has 0 aliphatic rings. The number of methoxy groups -OCH3 is 1. The number of nitrogens with zero attached hydrogens (tertiary/aromatic N) is 1. The van der Waals surface area contributed by atoms with Crippen LogP contribution in [0.1, 0.15) is 21.5 Å². The van der Waals surface area contributed by atoms with Crippen molar-refractivity contribution in [3.63, 3.8) is 0 Å². The van der Waals surface area contributed by atoms with E-state index in [1.807, 2.05) is 19.1 Å². The van der Waals surface area contributed by atoms with Crippen molar-refractivity contribution in [3.8, 4) is 17.2 Å². The average molecular weight is 453 g/mol. The predicted molar refractivity (Wildman–Crippen MR) is 122 cm³/mol. The molecule has 0 atom stereocenters. The number of amides is 1. The second-order valence-corrected chi connectivity index (χ2v) is 7.14. The largest absolute Gasteiger partial charge is 0.493 e. The van der Waals surface area contributed by atoms with Crippen molar-refractivity contribution in [1.29, 1.82) is 0 Å². The zero-order chi connectivity index (χ0) is 22.9. The second-order valence-electron chi connectivity index (χ2n) is 6.71. The molecule has 0 aliphatic carbocycles. The molecule has 0 saturated carbocycles. The molecule has 32 heavy (non-hydrogen) atoms. The van der Waals surface area contributed by atoms with Crippen molar-refractivity contribution in [1.82, 2.24) is 5.43 Å². The van der Waals surface area contributed by atoms with Gasteiger partial charge >= 0.3 is 5.97 Å². The zero-order valence-electron chi connectivity index (χ0n) is 17.5. The van der Waals surface area contributed by atoms with Crippen molar-refractivity contribution in [2.24, 2.45) is 5.10 Å². The Morgan fingerprint density at radius 3 is 2.53 bits per heavy atom. The molecule has 7 nitrogen and oxygen atoms in total. The summed E-state index contributed by atoms with van der Waals surface area (Å²) >= 11 is 5.87. The molecular weight excluding hydrogens is 432 g/mol. The minimum absolute atomic E-state index is 0.213. The molecule has 3 aromatic carbocycles. The van der Waals surface area contributed by atoms with Crippen LogP contribution in [0, 0.1) is 6.92 Å². The van der Waals surface area contributed by atoms with Crippen molar-refractivity contribution in [3.05, 3.63) is 88.4 Å². The summed E-state index contributed by atoms with van der Waals surface area (Å²) in [4.78, 5) is 24.2. The van der Waals surface area contributed by atoms with Gasteiger partial charge in [-0.05, 0) is 61.0 Å². The zero-order valence-corrected chi connectivity index (χ0v) is 18.3. The topological polar surface area (TPSA) is 86.2 Å². The minimum atomic E-state index is -0.489. The van der Waals surface area contributed by atoms with Crippen molar-refractivity contribution in [2.45, 2.75) is 6.92 Å². The van der Waals surface area contributed by atoms with Gasteiger partial charge in [0.2, 0.25) is 0 Å². The molecule has 0 spiro atoms. The molecule has 0 aromatic heterocycles. The highest BCUT2D eigenvalue weighted by Gasteiger charge is 2.12. The maximum Gasteiger partial charge on any atom is 0.343 e. The van der Waals surface area contributed by atoms with Gasteiger partial charge in [-0.25, -0.2) is 10.2 Å². The van der Waals surface area contributed by atoms with E-state index in [0.29, 0.717) is 27.6 Å². The molecule has 0 bridgehead atoms. The van der Waals surface area contributed by atoms with Crippen LogP contribution in [0.2, 0.25) is 5.02 Å². The Labute approximate surface area is 190 Å². The first kappa shape index (κ1) is 22.8. The summed E-state index contributed by atoms with van der Waals surface area (Å²) in [5.41, 5.74) is 4.49. The van der Waals surface area contributed by atoms with E-state index < -0.39 is 11.9 Å². The van der Waals surface area contributed by atoms with Crippen molar-refractivity contribution < 1.29 is 23.8 Å². The van der Waals surface area contributed by atoms with Gasteiger partial charge < -0.3 is 14.2 Å². The van der Waals surface area contributed by atoms with Crippen LogP contribution in [-0.4, -0.2) is 31.8 Å².